The number of nitrogens with zero attached hydrogens (tertiary/aromatic N) is 1. The van der Waals surface area contributed by atoms with Crippen molar-refractivity contribution >= 4 is 35.0 Å². The Hall–Kier alpha value is -2.68. The summed E-state index contributed by atoms with van der Waals surface area (Å²) in [5, 5.41) is 13.5. The molecule has 1 heterocycles. The fourth-order valence-corrected chi connectivity index (χ4v) is 7.19. The normalized spacial score (nSPS) is 15.4. The maximum atomic E-state index is 13.4. The number of hydrogen-bond acceptors (Lipinski definition) is 6. The highest BCUT2D eigenvalue weighted by atomic mass is 32.2. The second kappa shape index (κ2) is 15.0. The fourth-order valence-electron chi connectivity index (χ4n) is 5.73. The summed E-state index contributed by atoms with van der Waals surface area (Å²) in [6.45, 7) is 6.56. The summed E-state index contributed by atoms with van der Waals surface area (Å²) in [5.41, 5.74) is 5.27. The summed E-state index contributed by atoms with van der Waals surface area (Å²) < 4.78 is 6.66. The van der Waals surface area contributed by atoms with Gasteiger partial charge in [-0.05, 0) is 85.9 Å². The van der Waals surface area contributed by atoms with Gasteiger partial charge in [0.25, 0.3) is 5.91 Å². The number of rotatable bonds is 13. The molecule has 3 aromatic rings. The van der Waals surface area contributed by atoms with Crippen LogP contribution >= 0.6 is 23.1 Å². The van der Waals surface area contributed by atoms with Crippen molar-refractivity contribution in [3.63, 3.8) is 0 Å². The Morgan fingerprint density at radius 2 is 1.85 bits per heavy atom. The summed E-state index contributed by atoms with van der Waals surface area (Å²) in [6.07, 6.45) is 9.71. The number of carboxylic acid groups (broad SMARTS) is 1. The van der Waals surface area contributed by atoms with E-state index in [2.05, 4.69) is 17.2 Å². The predicted molar refractivity (Wildman–Crippen MR) is 169 cm³/mol. The number of thiazole rings is 1. The number of carbonyl (C=O) groups is 2. The summed E-state index contributed by atoms with van der Waals surface area (Å²) in [4.78, 5) is 31.2. The molecule has 1 saturated carbocycles. The third-order valence-corrected chi connectivity index (χ3v) is 9.74. The van der Waals surface area contributed by atoms with Crippen LogP contribution in [0.2, 0.25) is 0 Å². The van der Waals surface area contributed by atoms with E-state index in [4.69, 9.17) is 4.74 Å². The van der Waals surface area contributed by atoms with Crippen LogP contribution < -0.4 is 5.32 Å². The molecule has 1 unspecified atom stereocenters. The average molecular weight is 595 g/mol. The molecule has 1 amide bonds. The molecular weight excluding hydrogens is 553 g/mol. The Labute approximate surface area is 252 Å². The van der Waals surface area contributed by atoms with Crippen LogP contribution in [0, 0.1) is 26.7 Å². The van der Waals surface area contributed by atoms with Crippen molar-refractivity contribution in [3.05, 3.63) is 74.7 Å². The van der Waals surface area contributed by atoms with Gasteiger partial charge in [-0.1, -0.05) is 62.4 Å². The van der Waals surface area contributed by atoms with Gasteiger partial charge in [-0.25, -0.2) is 9.78 Å². The molecule has 4 rings (SSSR count). The van der Waals surface area contributed by atoms with E-state index in [0.717, 1.165) is 39.4 Å². The van der Waals surface area contributed by atoms with E-state index in [1.807, 2.05) is 62.6 Å². The number of hydrogen-bond donors (Lipinski definition) is 2. The molecule has 2 atom stereocenters. The van der Waals surface area contributed by atoms with Gasteiger partial charge in [0.1, 0.15) is 6.04 Å². The average Bonchev–Trinajstić information content (AvgIpc) is 3.31. The van der Waals surface area contributed by atoms with Gasteiger partial charge >= 0.3 is 5.97 Å². The van der Waals surface area contributed by atoms with Crippen molar-refractivity contribution in [1.29, 1.82) is 0 Å². The fraction of sp³-hybridized carbons (Fsp3) is 0.485. The van der Waals surface area contributed by atoms with Crippen molar-refractivity contribution in [1.82, 2.24) is 10.3 Å². The SMILES string of the molecule is CSCC[C@H](NC(=O)c1ccc(COC(CC2CCCCC2)c2sc(C)nc2C)cc1-c1ccccc1C)C(=O)O. The Bertz CT molecular complexity index is 1330. The third kappa shape index (κ3) is 8.43. The third-order valence-electron chi connectivity index (χ3n) is 7.93. The number of carboxylic acids is 1. The topological polar surface area (TPSA) is 88.5 Å². The molecule has 0 radical (unpaired) electrons. The minimum absolute atomic E-state index is 0.0121. The highest BCUT2D eigenvalue weighted by molar-refractivity contribution is 7.98. The number of aliphatic carboxylic acids is 1. The summed E-state index contributed by atoms with van der Waals surface area (Å²) in [7, 11) is 0. The number of aryl methyl sites for hydroxylation is 3. The van der Waals surface area contributed by atoms with Crippen LogP contribution in [0.15, 0.2) is 42.5 Å². The number of amides is 1. The lowest BCUT2D eigenvalue weighted by Gasteiger charge is -2.26. The lowest BCUT2D eigenvalue weighted by atomic mass is 9.85. The van der Waals surface area contributed by atoms with Crippen LogP contribution in [0.25, 0.3) is 11.1 Å². The monoisotopic (exact) mass is 594 g/mol. The van der Waals surface area contributed by atoms with Crippen LogP contribution in [0.5, 0.6) is 0 Å². The molecule has 0 aliphatic heterocycles. The molecule has 1 fully saturated rings. The van der Waals surface area contributed by atoms with Gasteiger partial charge in [0.15, 0.2) is 0 Å². The second-order valence-corrected chi connectivity index (χ2v) is 13.3. The lowest BCUT2D eigenvalue weighted by molar-refractivity contribution is -0.139. The van der Waals surface area contributed by atoms with Crippen molar-refractivity contribution in [2.75, 3.05) is 12.0 Å². The van der Waals surface area contributed by atoms with Gasteiger partial charge in [0.2, 0.25) is 0 Å². The number of ether oxygens (including phenoxy) is 1. The first-order valence-corrected chi connectivity index (χ1v) is 16.7. The van der Waals surface area contributed by atoms with Crippen LogP contribution in [0.4, 0.5) is 0 Å². The van der Waals surface area contributed by atoms with E-state index >= 15 is 0 Å². The molecule has 2 N–H and O–H groups in total. The molecular formula is C33H42N2O4S2. The summed E-state index contributed by atoms with van der Waals surface area (Å²) >= 11 is 3.29. The highest BCUT2D eigenvalue weighted by Crippen LogP contribution is 2.38. The smallest absolute Gasteiger partial charge is 0.326 e. The molecule has 220 valence electrons. The Morgan fingerprint density at radius 1 is 1.10 bits per heavy atom. The molecule has 0 saturated heterocycles. The largest absolute Gasteiger partial charge is 0.480 e. The molecule has 1 aliphatic carbocycles. The maximum absolute atomic E-state index is 13.4. The number of carbonyl (C=O) groups excluding carboxylic acids is 1. The van der Waals surface area contributed by atoms with Gasteiger partial charge in [-0.15, -0.1) is 11.3 Å². The number of thioether (sulfide) groups is 1. The minimum Gasteiger partial charge on any atom is -0.480 e. The van der Waals surface area contributed by atoms with Gasteiger partial charge in [-0.2, -0.15) is 11.8 Å². The van der Waals surface area contributed by atoms with Crippen molar-refractivity contribution < 1.29 is 19.4 Å². The second-order valence-electron chi connectivity index (χ2n) is 11.1. The molecule has 6 nitrogen and oxygen atoms in total. The zero-order chi connectivity index (χ0) is 29.4. The van der Waals surface area contributed by atoms with E-state index in [9.17, 15) is 14.7 Å². The van der Waals surface area contributed by atoms with Crippen LogP contribution in [0.1, 0.15) is 88.1 Å². The van der Waals surface area contributed by atoms with Crippen molar-refractivity contribution in [2.45, 2.75) is 84.5 Å². The molecule has 0 bridgehead atoms. The first kappa shape index (κ1) is 31.3. The number of nitrogens with one attached hydrogen (secondary N) is 1. The Balaban J connectivity index is 1.61. The van der Waals surface area contributed by atoms with Gasteiger partial charge < -0.3 is 15.2 Å². The van der Waals surface area contributed by atoms with E-state index in [-0.39, 0.29) is 12.0 Å². The highest BCUT2D eigenvalue weighted by Gasteiger charge is 2.26. The van der Waals surface area contributed by atoms with E-state index in [0.29, 0.717) is 30.3 Å². The lowest BCUT2D eigenvalue weighted by Crippen LogP contribution is -2.41. The van der Waals surface area contributed by atoms with Crippen molar-refractivity contribution in [3.8, 4) is 11.1 Å². The van der Waals surface area contributed by atoms with Gasteiger partial charge in [0.05, 0.1) is 28.3 Å². The molecule has 2 aromatic carbocycles. The Kier molecular flexibility index (Phi) is 11.4. The van der Waals surface area contributed by atoms with E-state index in [1.54, 1.807) is 23.1 Å². The summed E-state index contributed by atoms with van der Waals surface area (Å²) in [5.74, 6) is -0.0843. The zero-order valence-corrected chi connectivity index (χ0v) is 26.2. The molecule has 8 heteroatoms. The molecule has 0 spiro atoms. The first-order chi connectivity index (χ1) is 19.8. The molecule has 1 aliphatic rings. The summed E-state index contributed by atoms with van der Waals surface area (Å²) in [6, 6.07) is 12.8. The predicted octanol–water partition coefficient (Wildman–Crippen LogP) is 7.90. The number of benzene rings is 2. The van der Waals surface area contributed by atoms with Gasteiger partial charge in [-0.3, -0.25) is 4.79 Å². The van der Waals surface area contributed by atoms with E-state index < -0.39 is 12.0 Å². The standard InChI is InChI=1S/C33H42N2O4S2/c1-21-10-8-9-13-26(21)28-18-25(14-15-27(28)32(36)35-29(33(37)38)16-17-40-4)20-39-30(19-24-11-6-5-7-12-24)31-22(2)34-23(3)41-31/h8-10,13-15,18,24,29-30H,5-7,11-12,16-17,19-20H2,1-4H3,(H,35,36)(H,37,38)/t29-,30?/m0/s1. The van der Waals surface area contributed by atoms with Crippen LogP contribution in [0.3, 0.4) is 0 Å². The maximum Gasteiger partial charge on any atom is 0.326 e. The van der Waals surface area contributed by atoms with Crippen LogP contribution in [-0.4, -0.2) is 40.0 Å². The van der Waals surface area contributed by atoms with Crippen molar-refractivity contribution in [2.24, 2.45) is 5.92 Å². The molecule has 1 aromatic heterocycles. The van der Waals surface area contributed by atoms with E-state index in [1.165, 1.54) is 37.0 Å². The minimum atomic E-state index is -1.02. The molecule has 41 heavy (non-hydrogen) atoms. The Morgan fingerprint density at radius 3 is 2.51 bits per heavy atom. The van der Waals surface area contributed by atoms with Gasteiger partial charge in [0, 0.05) is 5.56 Å². The zero-order valence-electron chi connectivity index (χ0n) is 24.6. The number of aromatic nitrogens is 1. The van der Waals surface area contributed by atoms with Crippen LogP contribution in [-0.2, 0) is 16.1 Å². The first-order valence-electron chi connectivity index (χ1n) is 14.5. The quantitative estimate of drug-likeness (QED) is 0.209.